The maximum absolute atomic E-state index is 11.4. The largest absolute Gasteiger partial charge is 0.464 e. The van der Waals surface area contributed by atoms with E-state index in [4.69, 9.17) is 10.5 Å². The first-order chi connectivity index (χ1) is 6.30. The van der Waals surface area contributed by atoms with Crippen molar-refractivity contribution in [3.05, 3.63) is 6.42 Å². The molecule has 0 saturated carbocycles. The summed E-state index contributed by atoms with van der Waals surface area (Å²) in [5.74, 6) is -0.189. The van der Waals surface area contributed by atoms with Gasteiger partial charge in [-0.1, -0.05) is 34.6 Å². The Bertz CT molecular complexity index is 188. The summed E-state index contributed by atoms with van der Waals surface area (Å²) >= 11 is 0. The van der Waals surface area contributed by atoms with Crippen LogP contribution in [0.1, 0.15) is 34.6 Å². The summed E-state index contributed by atoms with van der Waals surface area (Å²) in [4.78, 5) is 11.4. The molecule has 0 amide bonds. The van der Waals surface area contributed by atoms with Crippen molar-refractivity contribution in [2.75, 3.05) is 6.61 Å². The average Bonchev–Trinajstić information content (AvgIpc) is 2.13. The second kappa shape index (κ2) is 5.35. The van der Waals surface area contributed by atoms with Crippen molar-refractivity contribution in [1.82, 2.24) is 0 Å². The summed E-state index contributed by atoms with van der Waals surface area (Å²) in [5, 5.41) is 0. The molecule has 0 aromatic carbocycles. The molecule has 0 saturated heterocycles. The predicted molar refractivity (Wildman–Crippen MR) is 57.5 cm³/mol. The summed E-state index contributed by atoms with van der Waals surface area (Å²) in [6, 6.07) is -0.511. The number of nitrogens with two attached hydrogens (primary N) is 1. The van der Waals surface area contributed by atoms with Gasteiger partial charge in [0.05, 0.1) is 6.61 Å². The summed E-state index contributed by atoms with van der Waals surface area (Å²) in [7, 11) is 0. The highest BCUT2D eigenvalue weighted by Crippen LogP contribution is 2.19. The topological polar surface area (TPSA) is 52.3 Å². The van der Waals surface area contributed by atoms with Gasteiger partial charge in [0, 0.05) is 5.41 Å². The second-order valence-corrected chi connectivity index (χ2v) is 4.65. The standard InChI is InChI=1S/C11H22NO2/c1-6-11(4,5)7-14-10(13)9(12)8(2)3/h6,8-9H,7,12H2,1-5H3. The zero-order chi connectivity index (χ0) is 11.4. The van der Waals surface area contributed by atoms with Gasteiger partial charge in [0.15, 0.2) is 0 Å². The molecule has 2 N–H and O–H groups in total. The molecular weight excluding hydrogens is 178 g/mol. The number of carbonyl (C=O) groups is 1. The van der Waals surface area contributed by atoms with Crippen molar-refractivity contribution >= 4 is 5.97 Å². The van der Waals surface area contributed by atoms with Crippen LogP contribution in [-0.2, 0) is 9.53 Å². The van der Waals surface area contributed by atoms with Gasteiger partial charge >= 0.3 is 5.97 Å². The van der Waals surface area contributed by atoms with E-state index in [1.54, 1.807) is 0 Å². The van der Waals surface area contributed by atoms with E-state index in [0.29, 0.717) is 6.61 Å². The van der Waals surface area contributed by atoms with Gasteiger partial charge < -0.3 is 10.5 Å². The second-order valence-electron chi connectivity index (χ2n) is 4.65. The first-order valence-corrected chi connectivity index (χ1v) is 5.03. The van der Waals surface area contributed by atoms with Crippen LogP contribution in [0.25, 0.3) is 0 Å². The smallest absolute Gasteiger partial charge is 0.323 e. The Hall–Kier alpha value is -0.570. The molecule has 0 aliphatic rings. The van der Waals surface area contributed by atoms with Gasteiger partial charge in [0.1, 0.15) is 6.04 Å². The van der Waals surface area contributed by atoms with Crippen LogP contribution in [0.2, 0.25) is 0 Å². The van der Waals surface area contributed by atoms with E-state index in [1.807, 2.05) is 41.0 Å². The molecule has 0 heterocycles. The Kier molecular flexibility index (Phi) is 5.13. The summed E-state index contributed by atoms with van der Waals surface area (Å²) in [6.45, 7) is 10.2. The normalized spacial score (nSPS) is 14.2. The number of hydrogen-bond donors (Lipinski definition) is 1. The maximum atomic E-state index is 11.4. The molecule has 1 atom stereocenters. The molecule has 3 heteroatoms. The molecule has 14 heavy (non-hydrogen) atoms. The number of rotatable bonds is 5. The van der Waals surface area contributed by atoms with E-state index in [-0.39, 0.29) is 17.3 Å². The van der Waals surface area contributed by atoms with Gasteiger partial charge in [0.2, 0.25) is 0 Å². The van der Waals surface area contributed by atoms with Crippen LogP contribution in [0, 0.1) is 17.8 Å². The fourth-order valence-corrected chi connectivity index (χ4v) is 0.709. The highest BCUT2D eigenvalue weighted by molar-refractivity contribution is 5.75. The van der Waals surface area contributed by atoms with Crippen LogP contribution < -0.4 is 5.73 Å². The molecule has 0 aliphatic carbocycles. The molecule has 0 aliphatic heterocycles. The lowest BCUT2D eigenvalue weighted by atomic mass is 9.92. The third-order valence-electron chi connectivity index (χ3n) is 2.36. The predicted octanol–water partition coefficient (Wildman–Crippen LogP) is 1.76. The van der Waals surface area contributed by atoms with Crippen LogP contribution in [0.3, 0.4) is 0 Å². The Morgan fingerprint density at radius 3 is 2.36 bits per heavy atom. The van der Waals surface area contributed by atoms with E-state index < -0.39 is 6.04 Å². The van der Waals surface area contributed by atoms with E-state index in [0.717, 1.165) is 0 Å². The van der Waals surface area contributed by atoms with Gasteiger partial charge in [-0.2, -0.15) is 0 Å². The lowest BCUT2D eigenvalue weighted by Crippen LogP contribution is -2.38. The van der Waals surface area contributed by atoms with Crippen LogP contribution in [0.4, 0.5) is 0 Å². The van der Waals surface area contributed by atoms with E-state index >= 15 is 0 Å². The van der Waals surface area contributed by atoms with Crippen molar-refractivity contribution in [1.29, 1.82) is 0 Å². The lowest BCUT2D eigenvalue weighted by Gasteiger charge is -2.23. The third-order valence-corrected chi connectivity index (χ3v) is 2.36. The monoisotopic (exact) mass is 200 g/mol. The summed E-state index contributed by atoms with van der Waals surface area (Å²) in [5.41, 5.74) is 5.57. The molecule has 0 rings (SSSR count). The fourth-order valence-electron chi connectivity index (χ4n) is 0.709. The third kappa shape index (κ3) is 4.61. The van der Waals surface area contributed by atoms with E-state index in [1.165, 1.54) is 0 Å². The Morgan fingerprint density at radius 2 is 2.00 bits per heavy atom. The molecule has 1 radical (unpaired) electrons. The molecule has 0 fully saturated rings. The number of ether oxygens (including phenoxy) is 1. The summed E-state index contributed by atoms with van der Waals surface area (Å²) in [6.07, 6.45) is 2.02. The quantitative estimate of drug-likeness (QED) is 0.688. The first kappa shape index (κ1) is 13.4. The van der Waals surface area contributed by atoms with Gasteiger partial charge in [-0.05, 0) is 12.3 Å². The molecule has 0 aromatic rings. The maximum Gasteiger partial charge on any atom is 0.323 e. The van der Waals surface area contributed by atoms with Gasteiger partial charge in [-0.25, -0.2) is 0 Å². The lowest BCUT2D eigenvalue weighted by molar-refractivity contribution is -0.148. The zero-order valence-electron chi connectivity index (χ0n) is 9.83. The highest BCUT2D eigenvalue weighted by Gasteiger charge is 2.22. The van der Waals surface area contributed by atoms with Crippen molar-refractivity contribution in [3.8, 4) is 0 Å². The Labute approximate surface area is 87.0 Å². The Morgan fingerprint density at radius 1 is 1.50 bits per heavy atom. The highest BCUT2D eigenvalue weighted by atomic mass is 16.5. The molecule has 83 valence electrons. The van der Waals surface area contributed by atoms with Crippen LogP contribution in [0.15, 0.2) is 0 Å². The van der Waals surface area contributed by atoms with Gasteiger partial charge in [-0.15, -0.1) is 0 Å². The number of carbonyl (C=O) groups excluding carboxylic acids is 1. The Balaban J connectivity index is 3.97. The van der Waals surface area contributed by atoms with Crippen molar-refractivity contribution in [3.63, 3.8) is 0 Å². The zero-order valence-corrected chi connectivity index (χ0v) is 9.83. The van der Waals surface area contributed by atoms with Crippen molar-refractivity contribution < 1.29 is 9.53 Å². The van der Waals surface area contributed by atoms with Crippen LogP contribution >= 0.6 is 0 Å². The minimum absolute atomic E-state index is 0.0770. The van der Waals surface area contributed by atoms with Crippen molar-refractivity contribution in [2.24, 2.45) is 17.1 Å². The number of hydrogen-bond acceptors (Lipinski definition) is 3. The molecule has 0 bridgehead atoms. The minimum Gasteiger partial charge on any atom is -0.464 e. The molecule has 1 unspecified atom stereocenters. The SMILES string of the molecule is C[CH]C(C)(C)COC(=O)C(N)C(C)C. The molecular formula is C11H22NO2. The fraction of sp³-hybridized carbons (Fsp3) is 0.818. The molecule has 0 aromatic heterocycles. The minimum atomic E-state index is -0.511. The van der Waals surface area contributed by atoms with Crippen LogP contribution in [-0.4, -0.2) is 18.6 Å². The van der Waals surface area contributed by atoms with Crippen LogP contribution in [0.5, 0.6) is 0 Å². The number of esters is 1. The molecule has 3 nitrogen and oxygen atoms in total. The average molecular weight is 200 g/mol. The van der Waals surface area contributed by atoms with E-state index in [9.17, 15) is 4.79 Å². The first-order valence-electron chi connectivity index (χ1n) is 5.03. The van der Waals surface area contributed by atoms with Crippen molar-refractivity contribution in [2.45, 2.75) is 40.7 Å². The van der Waals surface area contributed by atoms with Gasteiger partial charge in [0.25, 0.3) is 0 Å². The summed E-state index contributed by atoms with van der Waals surface area (Å²) < 4.78 is 5.13. The molecule has 0 spiro atoms. The van der Waals surface area contributed by atoms with E-state index in [2.05, 4.69) is 0 Å². The van der Waals surface area contributed by atoms with Gasteiger partial charge in [-0.3, -0.25) is 4.79 Å².